The number of aliphatic hydroxyl groups excluding tert-OH is 2. The molecule has 2 N–H and O–H groups in total. The summed E-state index contributed by atoms with van der Waals surface area (Å²) in [6.45, 7) is 3.82. The Morgan fingerprint density at radius 3 is 2.68 bits per heavy atom. The zero-order chi connectivity index (χ0) is 28.9. The molecule has 8 nitrogen and oxygen atoms in total. The van der Waals surface area contributed by atoms with E-state index in [2.05, 4.69) is 21.5 Å². The maximum atomic E-state index is 13.3. The Labute approximate surface area is 235 Å². The molecule has 2 unspecified atom stereocenters. The number of carbonyl (C=O) groups is 1. The van der Waals surface area contributed by atoms with Crippen molar-refractivity contribution in [3.05, 3.63) is 60.8 Å². The molecular weight excluding hydrogens is 535 g/mol. The van der Waals surface area contributed by atoms with Crippen LogP contribution in [0.5, 0.6) is 0 Å². The number of aryl methyl sites for hydroxylation is 1. The van der Waals surface area contributed by atoms with Crippen LogP contribution in [0.2, 0.25) is 0 Å². The van der Waals surface area contributed by atoms with Crippen LogP contribution < -0.4 is 4.90 Å². The number of aromatic nitrogens is 1. The van der Waals surface area contributed by atoms with Gasteiger partial charge in [-0.25, -0.2) is 15.0 Å². The standard InChI is InChI=1S/C30H32F3N5O3/c1-2-22-21-11-12-37(28(21)35-16-34-22)24-14-20(26(39)27(24)40)8-6-17-5-7-19-9-10-25(36-23(19)13-17)38(15-18-3-4-18)29(41)30(31,32)33/h2,5,7,9-13,16,18,20-21,24,26-28,39-40H,1,3-4,6,8,14-15H2/t20-,21?,24+,26+,27-,28?/m0/s1. The highest BCUT2D eigenvalue weighted by Crippen LogP contribution is 2.39. The average Bonchev–Trinajstić information content (AvgIpc) is 3.62. The molecule has 0 saturated heterocycles. The number of halogens is 3. The molecule has 0 radical (unpaired) electrons. The number of anilines is 1. The van der Waals surface area contributed by atoms with Gasteiger partial charge >= 0.3 is 12.1 Å². The van der Waals surface area contributed by atoms with Crippen molar-refractivity contribution >= 4 is 34.7 Å². The molecule has 0 bridgehead atoms. The SMILES string of the molecule is C=CC1=NC=NC2C1C=CN2[C@@H]1C[C@H](CCc2ccc3ccc(N(CC4CC4)C(=O)C(F)(F)F)nc3c2)[C@@H](O)[C@H]1O. The van der Waals surface area contributed by atoms with Gasteiger partial charge in [-0.15, -0.1) is 0 Å². The molecule has 6 atom stereocenters. The van der Waals surface area contributed by atoms with Crippen molar-refractivity contribution in [2.24, 2.45) is 27.7 Å². The molecule has 1 amide bonds. The maximum Gasteiger partial charge on any atom is 0.471 e. The third-order valence-electron chi connectivity index (χ3n) is 8.67. The van der Waals surface area contributed by atoms with Gasteiger partial charge in [-0.1, -0.05) is 24.8 Å². The van der Waals surface area contributed by atoms with E-state index < -0.39 is 24.3 Å². The van der Waals surface area contributed by atoms with Crippen LogP contribution in [-0.4, -0.2) is 75.2 Å². The summed E-state index contributed by atoms with van der Waals surface area (Å²) in [4.78, 5) is 28.1. The van der Waals surface area contributed by atoms with Crippen molar-refractivity contribution in [1.82, 2.24) is 9.88 Å². The fraction of sp³-hybridized carbons (Fsp3) is 0.467. The van der Waals surface area contributed by atoms with E-state index in [0.717, 1.165) is 34.4 Å². The Kier molecular flexibility index (Phi) is 7.19. The van der Waals surface area contributed by atoms with E-state index in [1.807, 2.05) is 35.4 Å². The van der Waals surface area contributed by atoms with E-state index in [-0.39, 0.29) is 42.3 Å². The second-order valence-corrected chi connectivity index (χ2v) is 11.4. The summed E-state index contributed by atoms with van der Waals surface area (Å²) in [5.41, 5.74) is 2.23. The second-order valence-electron chi connectivity index (χ2n) is 11.4. The molecule has 11 heteroatoms. The third-order valence-corrected chi connectivity index (χ3v) is 8.67. The predicted molar refractivity (Wildman–Crippen MR) is 149 cm³/mol. The van der Waals surface area contributed by atoms with Gasteiger partial charge < -0.3 is 15.1 Å². The quantitative estimate of drug-likeness (QED) is 0.502. The highest BCUT2D eigenvalue weighted by molar-refractivity contribution is 6.03. The van der Waals surface area contributed by atoms with Crippen LogP contribution in [0.3, 0.4) is 0 Å². The zero-order valence-electron chi connectivity index (χ0n) is 22.4. The van der Waals surface area contributed by atoms with Gasteiger partial charge in [0.25, 0.3) is 0 Å². The molecule has 1 aromatic heterocycles. The maximum absolute atomic E-state index is 13.3. The van der Waals surface area contributed by atoms with Crippen LogP contribution in [0, 0.1) is 17.8 Å². The molecule has 0 spiro atoms. The lowest BCUT2D eigenvalue weighted by Crippen LogP contribution is -2.46. The third kappa shape index (κ3) is 5.40. The van der Waals surface area contributed by atoms with Gasteiger partial charge in [0.1, 0.15) is 24.4 Å². The highest BCUT2D eigenvalue weighted by Gasteiger charge is 2.48. The largest absolute Gasteiger partial charge is 0.471 e. The summed E-state index contributed by atoms with van der Waals surface area (Å²) in [5, 5.41) is 22.6. The minimum atomic E-state index is -4.98. The van der Waals surface area contributed by atoms with E-state index in [4.69, 9.17) is 0 Å². The van der Waals surface area contributed by atoms with E-state index in [9.17, 15) is 28.2 Å². The highest BCUT2D eigenvalue weighted by atomic mass is 19.4. The fourth-order valence-electron chi connectivity index (χ4n) is 6.22. The number of benzene rings is 1. The topological polar surface area (TPSA) is 102 Å². The molecule has 2 aliphatic heterocycles. The lowest BCUT2D eigenvalue weighted by molar-refractivity contribution is -0.170. The molecule has 2 saturated carbocycles. The number of aliphatic hydroxyl groups is 2. The van der Waals surface area contributed by atoms with Crippen LogP contribution in [0.4, 0.5) is 19.0 Å². The van der Waals surface area contributed by atoms with E-state index in [1.54, 1.807) is 12.1 Å². The van der Waals surface area contributed by atoms with Gasteiger partial charge in [0, 0.05) is 11.9 Å². The number of nitrogens with zero attached hydrogens (tertiary/aromatic N) is 5. The Morgan fingerprint density at radius 2 is 1.95 bits per heavy atom. The molecule has 3 heterocycles. The lowest BCUT2D eigenvalue weighted by Gasteiger charge is -2.34. The molecule has 4 aliphatic rings. The van der Waals surface area contributed by atoms with Crippen LogP contribution in [0.25, 0.3) is 10.9 Å². The summed E-state index contributed by atoms with van der Waals surface area (Å²) < 4.78 is 39.9. The van der Waals surface area contributed by atoms with Crippen LogP contribution in [0.1, 0.15) is 31.2 Å². The number of hydrogen-bond donors (Lipinski definition) is 2. The average molecular weight is 568 g/mol. The van der Waals surface area contributed by atoms with Crippen molar-refractivity contribution in [2.45, 2.75) is 62.7 Å². The van der Waals surface area contributed by atoms with Gasteiger partial charge in [-0.2, -0.15) is 13.2 Å². The Hall–Kier alpha value is -3.57. The van der Waals surface area contributed by atoms with Crippen LogP contribution in [-0.2, 0) is 11.2 Å². The summed E-state index contributed by atoms with van der Waals surface area (Å²) in [6.07, 6.45) is 3.47. The van der Waals surface area contributed by atoms with Gasteiger partial charge in [-0.05, 0) is 80.0 Å². The first-order valence-corrected chi connectivity index (χ1v) is 14.0. The lowest BCUT2D eigenvalue weighted by atomic mass is 9.95. The fourth-order valence-corrected chi connectivity index (χ4v) is 6.22. The monoisotopic (exact) mass is 567 g/mol. The van der Waals surface area contributed by atoms with E-state index in [0.29, 0.717) is 24.8 Å². The van der Waals surface area contributed by atoms with E-state index >= 15 is 0 Å². The minimum absolute atomic E-state index is 0.000422. The number of alkyl halides is 3. The van der Waals surface area contributed by atoms with Crippen molar-refractivity contribution in [1.29, 1.82) is 0 Å². The molecule has 2 aliphatic carbocycles. The number of aliphatic imine (C=N–C) groups is 2. The number of fused-ring (bicyclic) bond motifs is 2. The van der Waals surface area contributed by atoms with Gasteiger partial charge in [0.15, 0.2) is 0 Å². The zero-order valence-corrected chi connectivity index (χ0v) is 22.4. The van der Waals surface area contributed by atoms with Gasteiger partial charge in [0.05, 0.1) is 29.3 Å². The molecule has 2 aromatic rings. The first kappa shape index (κ1) is 27.6. The first-order chi connectivity index (χ1) is 19.6. The molecule has 2 fully saturated rings. The van der Waals surface area contributed by atoms with Gasteiger partial charge in [0.2, 0.25) is 0 Å². The first-order valence-electron chi connectivity index (χ1n) is 14.0. The minimum Gasteiger partial charge on any atom is -0.390 e. The number of carbonyl (C=O) groups excluding carboxylic acids is 1. The number of pyridine rings is 1. The summed E-state index contributed by atoms with van der Waals surface area (Å²) in [5.74, 6) is -2.04. The summed E-state index contributed by atoms with van der Waals surface area (Å²) in [7, 11) is 0. The van der Waals surface area contributed by atoms with Crippen LogP contribution >= 0.6 is 0 Å². The number of amides is 1. The normalized spacial score (nSPS) is 29.1. The molecule has 216 valence electrons. The molecule has 1 aromatic carbocycles. The smallest absolute Gasteiger partial charge is 0.390 e. The number of allylic oxidation sites excluding steroid dienone is 1. The van der Waals surface area contributed by atoms with Crippen molar-refractivity contribution in [3.63, 3.8) is 0 Å². The molecular formula is C30H32F3N5O3. The predicted octanol–water partition coefficient (Wildman–Crippen LogP) is 4.02. The van der Waals surface area contributed by atoms with Crippen molar-refractivity contribution < 1.29 is 28.2 Å². The Bertz CT molecular complexity index is 1440. The van der Waals surface area contributed by atoms with Crippen LogP contribution in [0.15, 0.2) is 65.2 Å². The Balaban J connectivity index is 1.15. The molecule has 41 heavy (non-hydrogen) atoms. The van der Waals surface area contributed by atoms with Crippen molar-refractivity contribution in [3.8, 4) is 0 Å². The Morgan fingerprint density at radius 1 is 1.17 bits per heavy atom. The second kappa shape index (κ2) is 10.7. The summed E-state index contributed by atoms with van der Waals surface area (Å²) in [6, 6.07) is 8.45. The molecule has 6 rings (SSSR count). The van der Waals surface area contributed by atoms with E-state index in [1.165, 1.54) is 12.4 Å². The number of hydrogen-bond acceptors (Lipinski definition) is 7. The number of rotatable bonds is 8. The van der Waals surface area contributed by atoms with Gasteiger partial charge in [-0.3, -0.25) is 9.69 Å². The summed E-state index contributed by atoms with van der Waals surface area (Å²) >= 11 is 0. The van der Waals surface area contributed by atoms with Crippen molar-refractivity contribution in [2.75, 3.05) is 11.4 Å².